The van der Waals surface area contributed by atoms with E-state index in [0.29, 0.717) is 19.0 Å². The summed E-state index contributed by atoms with van der Waals surface area (Å²) in [5.74, 6) is 3.64. The van der Waals surface area contributed by atoms with E-state index < -0.39 is 0 Å². The second-order valence-electron chi connectivity index (χ2n) is 7.49. The first-order valence-corrected chi connectivity index (χ1v) is 9.38. The van der Waals surface area contributed by atoms with Crippen LogP contribution in [-0.2, 0) is 9.53 Å². The topological polar surface area (TPSA) is 26.3 Å². The van der Waals surface area contributed by atoms with Crippen LogP contribution in [0.1, 0.15) is 84.0 Å². The van der Waals surface area contributed by atoms with Crippen LogP contribution in [0.4, 0.5) is 0 Å². The van der Waals surface area contributed by atoms with Gasteiger partial charge in [0.1, 0.15) is 0 Å². The van der Waals surface area contributed by atoms with Gasteiger partial charge >= 0.3 is 0 Å². The van der Waals surface area contributed by atoms with Gasteiger partial charge in [0.25, 0.3) is 6.47 Å². The second kappa shape index (κ2) is 9.48. The van der Waals surface area contributed by atoms with Crippen LogP contribution >= 0.6 is 0 Å². The normalized spacial score (nSPS) is 33.6. The van der Waals surface area contributed by atoms with Crippen molar-refractivity contribution in [3.05, 3.63) is 0 Å². The van der Waals surface area contributed by atoms with E-state index in [1.165, 1.54) is 77.0 Å². The van der Waals surface area contributed by atoms with Crippen LogP contribution in [0.2, 0.25) is 0 Å². The predicted molar refractivity (Wildman–Crippen MR) is 87.1 cm³/mol. The molecule has 0 atom stereocenters. The molecule has 0 aromatic heterocycles. The van der Waals surface area contributed by atoms with E-state index in [9.17, 15) is 4.79 Å². The van der Waals surface area contributed by atoms with Gasteiger partial charge in [-0.1, -0.05) is 45.4 Å². The van der Waals surface area contributed by atoms with Gasteiger partial charge in [0, 0.05) is 0 Å². The van der Waals surface area contributed by atoms with Crippen molar-refractivity contribution in [3.63, 3.8) is 0 Å². The van der Waals surface area contributed by atoms with Gasteiger partial charge in [0.15, 0.2) is 0 Å². The molecular weight excluding hydrogens is 260 g/mol. The molecule has 0 radical (unpaired) electrons. The summed E-state index contributed by atoms with van der Waals surface area (Å²) in [6, 6.07) is 0. The highest BCUT2D eigenvalue weighted by atomic mass is 16.5. The first kappa shape index (κ1) is 16.8. The molecule has 0 aliphatic heterocycles. The second-order valence-corrected chi connectivity index (χ2v) is 7.49. The lowest BCUT2D eigenvalue weighted by Gasteiger charge is -2.37. The van der Waals surface area contributed by atoms with Crippen LogP contribution in [0.15, 0.2) is 0 Å². The van der Waals surface area contributed by atoms with E-state index in [4.69, 9.17) is 4.74 Å². The molecule has 0 saturated heterocycles. The van der Waals surface area contributed by atoms with Crippen LogP contribution in [0.25, 0.3) is 0 Å². The van der Waals surface area contributed by atoms with Crippen LogP contribution in [0, 0.1) is 23.7 Å². The van der Waals surface area contributed by atoms with Gasteiger partial charge in [-0.05, 0) is 62.2 Å². The molecule has 0 amide bonds. The number of hydrogen-bond donors (Lipinski definition) is 0. The van der Waals surface area contributed by atoms with E-state index in [1.54, 1.807) is 0 Å². The Morgan fingerprint density at radius 3 is 1.95 bits per heavy atom. The van der Waals surface area contributed by atoms with Gasteiger partial charge in [-0.25, -0.2) is 0 Å². The quantitative estimate of drug-likeness (QED) is 0.445. The predicted octanol–water partition coefficient (Wildman–Crippen LogP) is 5.35. The largest absolute Gasteiger partial charge is 0.468 e. The summed E-state index contributed by atoms with van der Waals surface area (Å²) in [4.78, 5) is 10.3. The Morgan fingerprint density at radius 1 is 0.857 bits per heavy atom. The van der Waals surface area contributed by atoms with Crippen molar-refractivity contribution in [3.8, 4) is 0 Å². The highest BCUT2D eigenvalue weighted by molar-refractivity contribution is 5.36. The van der Waals surface area contributed by atoms with Gasteiger partial charge in [0.05, 0.1) is 6.61 Å². The van der Waals surface area contributed by atoms with Crippen LogP contribution in [-0.4, -0.2) is 13.1 Å². The van der Waals surface area contributed by atoms with Crippen LogP contribution in [0.3, 0.4) is 0 Å². The van der Waals surface area contributed by atoms with Crippen molar-refractivity contribution in [1.82, 2.24) is 0 Å². The summed E-state index contributed by atoms with van der Waals surface area (Å²) < 4.78 is 4.93. The third kappa shape index (κ3) is 5.64. The van der Waals surface area contributed by atoms with E-state index in [-0.39, 0.29) is 0 Å². The highest BCUT2D eigenvalue weighted by Gasteiger charge is 2.30. The van der Waals surface area contributed by atoms with E-state index >= 15 is 0 Å². The Bertz CT molecular complexity index is 273. The van der Waals surface area contributed by atoms with Gasteiger partial charge in [0.2, 0.25) is 0 Å². The molecule has 0 spiro atoms. The molecule has 0 bridgehead atoms. The Labute approximate surface area is 131 Å². The lowest BCUT2D eigenvalue weighted by molar-refractivity contribution is -0.130. The molecule has 2 aliphatic carbocycles. The minimum atomic E-state index is 0.603. The SMILES string of the molecule is CCCCCC1CCC(C2CCC(COC=O)CC2)CC1. The van der Waals surface area contributed by atoms with Crippen molar-refractivity contribution in [2.24, 2.45) is 23.7 Å². The number of unbranched alkanes of at least 4 members (excludes halogenated alkanes) is 2. The van der Waals surface area contributed by atoms with E-state index in [2.05, 4.69) is 6.92 Å². The molecule has 2 aliphatic rings. The summed E-state index contributed by atoms with van der Waals surface area (Å²) in [5.41, 5.74) is 0. The summed E-state index contributed by atoms with van der Waals surface area (Å²) in [6.07, 6.45) is 16.9. The summed E-state index contributed by atoms with van der Waals surface area (Å²) in [5, 5.41) is 0. The minimum Gasteiger partial charge on any atom is -0.468 e. The molecule has 0 heterocycles. The van der Waals surface area contributed by atoms with E-state index in [1.807, 2.05) is 0 Å². The zero-order valence-corrected chi connectivity index (χ0v) is 13.9. The maximum atomic E-state index is 10.3. The maximum absolute atomic E-state index is 10.3. The molecule has 2 heteroatoms. The van der Waals surface area contributed by atoms with E-state index in [0.717, 1.165) is 17.8 Å². The van der Waals surface area contributed by atoms with Gasteiger partial charge in [-0.2, -0.15) is 0 Å². The lowest BCUT2D eigenvalue weighted by Crippen LogP contribution is -2.27. The Morgan fingerprint density at radius 2 is 1.43 bits per heavy atom. The molecule has 0 N–H and O–H groups in total. The van der Waals surface area contributed by atoms with Crippen molar-refractivity contribution in [2.45, 2.75) is 84.0 Å². The average molecular weight is 294 g/mol. The molecule has 2 rings (SSSR count). The Hall–Kier alpha value is -0.530. The van der Waals surface area contributed by atoms with Gasteiger partial charge in [-0.3, -0.25) is 4.79 Å². The van der Waals surface area contributed by atoms with Crippen LogP contribution in [0.5, 0.6) is 0 Å². The monoisotopic (exact) mass is 294 g/mol. The molecule has 122 valence electrons. The maximum Gasteiger partial charge on any atom is 0.293 e. The number of rotatable bonds is 8. The minimum absolute atomic E-state index is 0.603. The standard InChI is InChI=1S/C19H34O2/c1-2-3-4-5-16-6-10-18(11-7-16)19-12-8-17(9-13-19)14-21-15-20/h15-19H,2-14H2,1H3. The molecule has 2 fully saturated rings. The number of carbonyl (C=O) groups excluding carboxylic acids is 1. The lowest BCUT2D eigenvalue weighted by atomic mass is 9.69. The molecule has 2 nitrogen and oxygen atoms in total. The van der Waals surface area contributed by atoms with Crippen molar-refractivity contribution >= 4 is 6.47 Å². The van der Waals surface area contributed by atoms with Gasteiger partial charge in [-0.15, -0.1) is 0 Å². The number of ether oxygens (including phenoxy) is 1. The third-order valence-corrected chi connectivity index (χ3v) is 6.07. The molecule has 0 aromatic rings. The zero-order chi connectivity index (χ0) is 14.9. The highest BCUT2D eigenvalue weighted by Crippen LogP contribution is 2.42. The van der Waals surface area contributed by atoms with Crippen molar-refractivity contribution < 1.29 is 9.53 Å². The van der Waals surface area contributed by atoms with Crippen LogP contribution < -0.4 is 0 Å². The average Bonchev–Trinajstić information content (AvgIpc) is 2.54. The summed E-state index contributed by atoms with van der Waals surface area (Å²) in [6.45, 7) is 3.56. The fourth-order valence-electron chi connectivity index (χ4n) is 4.63. The van der Waals surface area contributed by atoms with Crippen molar-refractivity contribution in [2.75, 3.05) is 6.61 Å². The van der Waals surface area contributed by atoms with Gasteiger partial charge < -0.3 is 4.74 Å². The Balaban J connectivity index is 1.61. The smallest absolute Gasteiger partial charge is 0.293 e. The Kier molecular flexibility index (Phi) is 7.60. The molecule has 21 heavy (non-hydrogen) atoms. The molecule has 0 aromatic carbocycles. The molecule has 2 saturated carbocycles. The molecule has 0 unspecified atom stereocenters. The number of hydrogen-bond acceptors (Lipinski definition) is 2. The third-order valence-electron chi connectivity index (χ3n) is 6.07. The summed E-state index contributed by atoms with van der Waals surface area (Å²) >= 11 is 0. The summed E-state index contributed by atoms with van der Waals surface area (Å²) in [7, 11) is 0. The fourth-order valence-corrected chi connectivity index (χ4v) is 4.63. The first-order valence-electron chi connectivity index (χ1n) is 9.38. The fraction of sp³-hybridized carbons (Fsp3) is 0.947. The number of carbonyl (C=O) groups is 1. The van der Waals surface area contributed by atoms with Crippen molar-refractivity contribution in [1.29, 1.82) is 0 Å². The first-order chi connectivity index (χ1) is 10.3. The molecular formula is C19H34O2. The zero-order valence-electron chi connectivity index (χ0n) is 13.9.